The fraction of sp³-hybridized carbons (Fsp3) is 0.400. The zero-order valence-corrected chi connectivity index (χ0v) is 13.9. The predicted octanol–water partition coefficient (Wildman–Crippen LogP) is 2.44. The summed E-state index contributed by atoms with van der Waals surface area (Å²) in [6.07, 6.45) is 0. The SMILES string of the molecule is CC1=C(C)[Se]C(=C2SC3=C(OCCO3)S2)[Se]1. The Morgan fingerprint density at radius 3 is 1.94 bits per heavy atom. The van der Waals surface area contributed by atoms with Gasteiger partial charge in [-0.25, -0.2) is 0 Å². The van der Waals surface area contributed by atoms with Crippen molar-refractivity contribution in [1.82, 2.24) is 0 Å². The zero-order valence-electron chi connectivity index (χ0n) is 8.86. The van der Waals surface area contributed by atoms with Gasteiger partial charge >= 0.3 is 117 Å². The van der Waals surface area contributed by atoms with E-state index in [0.29, 0.717) is 43.1 Å². The first-order valence-corrected chi connectivity index (χ1v) is 9.93. The van der Waals surface area contributed by atoms with Gasteiger partial charge in [-0.3, -0.25) is 0 Å². The van der Waals surface area contributed by atoms with Crippen LogP contribution in [0.15, 0.2) is 26.7 Å². The molecule has 0 unspecified atom stereocenters. The van der Waals surface area contributed by atoms with Crippen LogP contribution in [0.5, 0.6) is 0 Å². The maximum absolute atomic E-state index is 5.61. The molecule has 0 N–H and O–H groups in total. The summed E-state index contributed by atoms with van der Waals surface area (Å²) >= 11 is 4.71. The number of rotatable bonds is 0. The van der Waals surface area contributed by atoms with E-state index in [2.05, 4.69) is 13.8 Å². The molecule has 3 aliphatic heterocycles. The Morgan fingerprint density at radius 2 is 1.44 bits per heavy atom. The first-order chi connectivity index (χ1) is 7.74. The number of thioether (sulfide) groups is 2. The molecule has 0 fully saturated rings. The van der Waals surface area contributed by atoms with E-state index in [4.69, 9.17) is 9.47 Å². The summed E-state index contributed by atoms with van der Waals surface area (Å²) in [4.78, 5) is 0. The van der Waals surface area contributed by atoms with E-state index in [1.54, 1.807) is 35.8 Å². The molecule has 0 aromatic heterocycles. The monoisotopic (exact) mass is 386 g/mol. The van der Waals surface area contributed by atoms with E-state index in [0.717, 1.165) is 10.2 Å². The summed E-state index contributed by atoms with van der Waals surface area (Å²) in [6, 6.07) is 0. The molecule has 6 heteroatoms. The van der Waals surface area contributed by atoms with E-state index in [1.807, 2.05) is 0 Å². The Balaban J connectivity index is 1.79. The number of ether oxygens (including phenoxy) is 2. The molecule has 0 amide bonds. The van der Waals surface area contributed by atoms with Gasteiger partial charge in [-0.2, -0.15) is 0 Å². The second-order valence-electron chi connectivity index (χ2n) is 3.37. The van der Waals surface area contributed by atoms with Crippen molar-refractivity contribution >= 4 is 53.4 Å². The minimum atomic E-state index is 0.577. The Kier molecular flexibility index (Phi) is 3.40. The van der Waals surface area contributed by atoms with Gasteiger partial charge in [0.25, 0.3) is 0 Å². The van der Waals surface area contributed by atoms with Crippen LogP contribution < -0.4 is 0 Å². The third-order valence-corrected chi connectivity index (χ3v) is 12.5. The van der Waals surface area contributed by atoms with Gasteiger partial charge in [0.15, 0.2) is 0 Å². The summed E-state index contributed by atoms with van der Waals surface area (Å²) in [5, 5.41) is 1.99. The minimum absolute atomic E-state index is 0.577. The van der Waals surface area contributed by atoms with Crippen LogP contribution in [-0.2, 0) is 9.47 Å². The van der Waals surface area contributed by atoms with E-state index >= 15 is 0 Å². The molecule has 0 aromatic carbocycles. The van der Waals surface area contributed by atoms with Gasteiger partial charge in [-0.15, -0.1) is 0 Å². The van der Waals surface area contributed by atoms with Crippen LogP contribution in [0.3, 0.4) is 0 Å². The first kappa shape index (κ1) is 11.6. The summed E-state index contributed by atoms with van der Waals surface area (Å²) in [6.45, 7) is 5.94. The van der Waals surface area contributed by atoms with E-state index in [9.17, 15) is 0 Å². The normalized spacial score (nSPS) is 24.9. The third kappa shape index (κ3) is 2.12. The van der Waals surface area contributed by atoms with Crippen LogP contribution >= 0.6 is 23.5 Å². The van der Waals surface area contributed by atoms with Crippen molar-refractivity contribution in [3.8, 4) is 0 Å². The topological polar surface area (TPSA) is 18.5 Å². The molecule has 0 radical (unpaired) electrons. The second kappa shape index (κ2) is 4.68. The summed E-state index contributed by atoms with van der Waals surface area (Å²) in [5.74, 6) is 0. The van der Waals surface area contributed by atoms with Gasteiger partial charge in [-0.05, 0) is 0 Å². The first-order valence-electron chi connectivity index (χ1n) is 4.87. The summed E-state index contributed by atoms with van der Waals surface area (Å²) in [7, 11) is 0. The molecule has 0 bridgehead atoms. The molecule has 16 heavy (non-hydrogen) atoms. The molecule has 0 saturated carbocycles. The van der Waals surface area contributed by atoms with Crippen LogP contribution in [0.4, 0.5) is 0 Å². The summed E-state index contributed by atoms with van der Waals surface area (Å²) in [5.41, 5.74) is 0. The Hall–Kier alpha value is 0.559. The predicted molar refractivity (Wildman–Crippen MR) is 71.0 cm³/mol. The molecule has 0 saturated heterocycles. The number of hydrogen-bond acceptors (Lipinski definition) is 4. The van der Waals surface area contributed by atoms with Crippen molar-refractivity contribution in [2.75, 3.05) is 13.2 Å². The Bertz CT molecular complexity index is 404. The standard InChI is InChI=1S/C10H10O2S2Se2/c1-5-6(2)16-10(15-5)9-13-7-8(14-9)12-4-3-11-7/h3-4H2,1-2H3. The molecule has 0 atom stereocenters. The quantitative estimate of drug-likeness (QED) is 0.597. The van der Waals surface area contributed by atoms with Crippen molar-refractivity contribution in [2.45, 2.75) is 13.8 Å². The van der Waals surface area contributed by atoms with E-state index < -0.39 is 0 Å². The van der Waals surface area contributed by atoms with Crippen molar-refractivity contribution in [1.29, 1.82) is 0 Å². The average molecular weight is 384 g/mol. The number of hydrogen-bond donors (Lipinski definition) is 0. The molecule has 3 aliphatic rings. The van der Waals surface area contributed by atoms with E-state index in [1.165, 1.54) is 4.24 Å². The van der Waals surface area contributed by atoms with Crippen molar-refractivity contribution < 1.29 is 9.47 Å². The molecule has 3 heterocycles. The van der Waals surface area contributed by atoms with Crippen molar-refractivity contribution in [2.24, 2.45) is 0 Å². The van der Waals surface area contributed by atoms with Gasteiger partial charge in [0.05, 0.1) is 0 Å². The molecule has 0 aliphatic carbocycles. The van der Waals surface area contributed by atoms with Crippen LogP contribution in [0.25, 0.3) is 0 Å². The van der Waals surface area contributed by atoms with Crippen molar-refractivity contribution in [3.05, 3.63) is 26.7 Å². The number of allylic oxidation sites excluding steroid dienone is 2. The van der Waals surface area contributed by atoms with Gasteiger partial charge in [-0.1, -0.05) is 0 Å². The second-order valence-corrected chi connectivity index (χ2v) is 12.0. The summed E-state index contributed by atoms with van der Waals surface area (Å²) < 4.78 is 17.5. The fourth-order valence-electron chi connectivity index (χ4n) is 1.33. The Labute approximate surface area is 116 Å². The molecule has 86 valence electrons. The molecule has 0 aromatic rings. The van der Waals surface area contributed by atoms with Crippen molar-refractivity contribution in [3.63, 3.8) is 0 Å². The molecule has 0 spiro atoms. The van der Waals surface area contributed by atoms with Gasteiger partial charge < -0.3 is 0 Å². The van der Waals surface area contributed by atoms with Gasteiger partial charge in [0.1, 0.15) is 0 Å². The Morgan fingerprint density at radius 1 is 0.938 bits per heavy atom. The molecular formula is C10H10O2S2Se2. The van der Waals surface area contributed by atoms with Crippen LogP contribution in [0.2, 0.25) is 0 Å². The third-order valence-electron chi connectivity index (χ3n) is 2.24. The zero-order chi connectivity index (χ0) is 11.1. The van der Waals surface area contributed by atoms with E-state index in [-0.39, 0.29) is 0 Å². The van der Waals surface area contributed by atoms with Gasteiger partial charge in [0.2, 0.25) is 0 Å². The van der Waals surface area contributed by atoms with Gasteiger partial charge in [0, 0.05) is 0 Å². The fourth-order valence-corrected chi connectivity index (χ4v) is 11.5. The maximum atomic E-state index is 5.61. The molecular weight excluding hydrogens is 374 g/mol. The average Bonchev–Trinajstić information content (AvgIpc) is 2.83. The molecule has 3 rings (SSSR count). The molecule has 2 nitrogen and oxygen atoms in total. The van der Waals surface area contributed by atoms with Crippen LogP contribution in [0.1, 0.15) is 13.8 Å². The van der Waals surface area contributed by atoms with Crippen LogP contribution in [0, 0.1) is 0 Å². The van der Waals surface area contributed by atoms with Crippen LogP contribution in [-0.4, -0.2) is 43.1 Å².